The first kappa shape index (κ1) is 19.2. The van der Waals surface area contributed by atoms with E-state index < -0.39 is 11.0 Å². The fraction of sp³-hybridized carbons (Fsp3) is 0.381. The van der Waals surface area contributed by atoms with E-state index in [9.17, 15) is 14.9 Å². The van der Waals surface area contributed by atoms with Gasteiger partial charge < -0.3 is 20.3 Å². The highest BCUT2D eigenvalue weighted by atomic mass is 16.6. The molecule has 2 N–H and O–H groups in total. The number of nitro groups is 1. The Morgan fingerprint density at radius 3 is 2.72 bits per heavy atom. The summed E-state index contributed by atoms with van der Waals surface area (Å²) in [5.41, 5.74) is 0.978. The second kappa shape index (κ2) is 7.71. The number of rotatable bonds is 3. The Balaban J connectivity index is 1.51. The lowest BCUT2D eigenvalue weighted by Crippen LogP contribution is -2.51. The average molecular weight is 396 g/mol. The minimum atomic E-state index is -0.484. The third-order valence-corrected chi connectivity index (χ3v) is 5.72. The highest BCUT2D eigenvalue weighted by Gasteiger charge is 2.43. The molecule has 1 atom stereocenters. The van der Waals surface area contributed by atoms with Gasteiger partial charge in [0.2, 0.25) is 0 Å². The van der Waals surface area contributed by atoms with Crippen LogP contribution < -0.4 is 15.4 Å². The van der Waals surface area contributed by atoms with Gasteiger partial charge in [-0.2, -0.15) is 0 Å². The van der Waals surface area contributed by atoms with Crippen LogP contribution in [-0.4, -0.2) is 41.6 Å². The van der Waals surface area contributed by atoms with Gasteiger partial charge in [-0.3, -0.25) is 10.1 Å². The van der Waals surface area contributed by atoms with Crippen molar-refractivity contribution in [1.29, 1.82) is 0 Å². The molecule has 8 heteroatoms. The molecule has 0 aliphatic carbocycles. The number of carbonyl (C=O) groups excluding carboxylic acids is 1. The van der Waals surface area contributed by atoms with Crippen LogP contribution >= 0.6 is 0 Å². The number of piperidine rings is 1. The van der Waals surface area contributed by atoms with Crippen molar-refractivity contribution in [2.24, 2.45) is 0 Å². The van der Waals surface area contributed by atoms with Gasteiger partial charge in [-0.1, -0.05) is 24.3 Å². The summed E-state index contributed by atoms with van der Waals surface area (Å²) >= 11 is 0. The summed E-state index contributed by atoms with van der Waals surface area (Å²) in [5, 5.41) is 16.7. The summed E-state index contributed by atoms with van der Waals surface area (Å²) in [4.78, 5) is 25.4. The van der Waals surface area contributed by atoms with Gasteiger partial charge in [0.15, 0.2) is 0 Å². The fourth-order valence-electron chi connectivity index (χ4n) is 4.10. The Morgan fingerprint density at radius 2 is 1.97 bits per heavy atom. The number of non-ortho nitro benzene ring substituents is 1. The van der Waals surface area contributed by atoms with Gasteiger partial charge in [0.05, 0.1) is 11.0 Å². The van der Waals surface area contributed by atoms with E-state index >= 15 is 0 Å². The Hall–Kier alpha value is -3.13. The van der Waals surface area contributed by atoms with Gasteiger partial charge in [0, 0.05) is 42.9 Å². The van der Waals surface area contributed by atoms with Gasteiger partial charge in [0.25, 0.3) is 5.69 Å². The van der Waals surface area contributed by atoms with Crippen molar-refractivity contribution in [3.05, 3.63) is 64.2 Å². The van der Waals surface area contributed by atoms with Crippen LogP contribution in [0.2, 0.25) is 0 Å². The zero-order valence-corrected chi connectivity index (χ0v) is 16.3. The summed E-state index contributed by atoms with van der Waals surface area (Å²) < 4.78 is 6.41. The van der Waals surface area contributed by atoms with E-state index in [0.29, 0.717) is 12.1 Å². The van der Waals surface area contributed by atoms with Gasteiger partial charge in [-0.25, -0.2) is 4.79 Å². The van der Waals surface area contributed by atoms with Crippen molar-refractivity contribution in [2.75, 3.05) is 25.5 Å². The van der Waals surface area contributed by atoms with Crippen LogP contribution in [0.25, 0.3) is 0 Å². The molecular formula is C21H24N4O4. The number of para-hydroxylation sites is 1. The number of likely N-dealkylation sites (tertiary alicyclic amines) is 1. The van der Waals surface area contributed by atoms with Crippen LogP contribution in [0.4, 0.5) is 16.2 Å². The highest BCUT2D eigenvalue weighted by Crippen LogP contribution is 2.44. The first-order chi connectivity index (χ1) is 13.9. The van der Waals surface area contributed by atoms with E-state index in [2.05, 4.69) is 22.6 Å². The highest BCUT2D eigenvalue weighted by molar-refractivity contribution is 5.90. The third kappa shape index (κ3) is 4.17. The van der Waals surface area contributed by atoms with Crippen LogP contribution in [0.3, 0.4) is 0 Å². The number of nitrogens with one attached hydrogen (secondary N) is 2. The summed E-state index contributed by atoms with van der Waals surface area (Å²) in [6.45, 7) is 1.91. The molecule has 1 fully saturated rings. The summed E-state index contributed by atoms with van der Waals surface area (Å²) in [7, 11) is 2.10. The van der Waals surface area contributed by atoms with Gasteiger partial charge in [-0.05, 0) is 32.0 Å². The Bertz CT molecular complexity index is 924. The number of hydrogen-bond donors (Lipinski definition) is 2. The van der Waals surface area contributed by atoms with E-state index in [0.717, 1.165) is 37.2 Å². The zero-order chi connectivity index (χ0) is 20.4. The molecule has 0 saturated carbocycles. The molecule has 1 unspecified atom stereocenters. The van der Waals surface area contributed by atoms with Crippen molar-refractivity contribution >= 4 is 17.4 Å². The Morgan fingerprint density at radius 1 is 1.21 bits per heavy atom. The van der Waals surface area contributed by atoms with E-state index in [-0.39, 0.29) is 17.3 Å². The molecular weight excluding hydrogens is 372 g/mol. The third-order valence-electron chi connectivity index (χ3n) is 5.72. The lowest BCUT2D eigenvalue weighted by atomic mass is 9.80. The molecule has 29 heavy (non-hydrogen) atoms. The number of anilines is 1. The van der Waals surface area contributed by atoms with Gasteiger partial charge in [0.1, 0.15) is 11.4 Å². The number of ether oxygens (including phenoxy) is 1. The van der Waals surface area contributed by atoms with Crippen LogP contribution in [0.15, 0.2) is 48.5 Å². The predicted octanol–water partition coefficient (Wildman–Crippen LogP) is 3.70. The number of hydrogen-bond acceptors (Lipinski definition) is 5. The minimum Gasteiger partial charge on any atom is -0.487 e. The smallest absolute Gasteiger partial charge is 0.319 e. The standard InChI is InChI=1S/C21H24N4O4/c1-24-11-9-21(10-12-24)14-18(17-7-2-3-8-19(17)29-21)23-20(26)22-15-5-4-6-16(13-15)25(27)28/h2-8,13,18H,9-12,14H2,1H3,(H2,22,23,26). The van der Waals surface area contributed by atoms with Crippen molar-refractivity contribution in [2.45, 2.75) is 30.9 Å². The monoisotopic (exact) mass is 396 g/mol. The molecule has 2 aliphatic heterocycles. The topological polar surface area (TPSA) is 96.7 Å². The molecule has 2 amide bonds. The summed E-state index contributed by atoms with van der Waals surface area (Å²) in [6, 6.07) is 13.1. The molecule has 0 radical (unpaired) electrons. The number of amides is 2. The van der Waals surface area contributed by atoms with Crippen LogP contribution in [-0.2, 0) is 0 Å². The first-order valence-electron chi connectivity index (χ1n) is 9.73. The second-order valence-electron chi connectivity index (χ2n) is 7.79. The molecule has 4 rings (SSSR count). The summed E-state index contributed by atoms with van der Waals surface area (Å²) in [6.07, 6.45) is 2.51. The van der Waals surface area contributed by atoms with E-state index in [1.54, 1.807) is 12.1 Å². The van der Waals surface area contributed by atoms with Crippen LogP contribution in [0.5, 0.6) is 5.75 Å². The molecule has 1 spiro atoms. The molecule has 2 aliphatic rings. The number of urea groups is 1. The maximum atomic E-state index is 12.7. The van der Waals surface area contributed by atoms with E-state index in [4.69, 9.17) is 4.74 Å². The normalized spacial score (nSPS) is 20.4. The maximum absolute atomic E-state index is 12.7. The molecule has 2 aromatic carbocycles. The SMILES string of the molecule is CN1CCC2(CC1)CC(NC(=O)Nc1cccc([N+](=O)[O-])c1)c1ccccc1O2. The number of carbonyl (C=O) groups is 1. The Labute approximate surface area is 169 Å². The predicted molar refractivity (Wildman–Crippen MR) is 109 cm³/mol. The van der Waals surface area contributed by atoms with E-state index in [1.807, 2.05) is 24.3 Å². The lowest BCUT2D eigenvalue weighted by molar-refractivity contribution is -0.384. The van der Waals surface area contributed by atoms with Gasteiger partial charge >= 0.3 is 6.03 Å². The van der Waals surface area contributed by atoms with Gasteiger partial charge in [-0.15, -0.1) is 0 Å². The Kier molecular flexibility index (Phi) is 5.10. The van der Waals surface area contributed by atoms with Crippen LogP contribution in [0, 0.1) is 10.1 Å². The maximum Gasteiger partial charge on any atom is 0.319 e. The minimum absolute atomic E-state index is 0.0653. The quantitative estimate of drug-likeness (QED) is 0.609. The zero-order valence-electron chi connectivity index (χ0n) is 16.3. The van der Waals surface area contributed by atoms with Crippen LogP contribution in [0.1, 0.15) is 30.9 Å². The number of benzene rings is 2. The van der Waals surface area contributed by atoms with Crippen molar-refractivity contribution < 1.29 is 14.5 Å². The molecule has 0 aromatic heterocycles. The lowest BCUT2D eigenvalue weighted by Gasteiger charge is -2.46. The van der Waals surface area contributed by atoms with E-state index in [1.165, 1.54) is 12.1 Å². The molecule has 0 bridgehead atoms. The van der Waals surface area contributed by atoms with Crippen molar-refractivity contribution in [1.82, 2.24) is 10.2 Å². The molecule has 2 heterocycles. The molecule has 1 saturated heterocycles. The number of nitro benzene ring substituents is 1. The fourth-order valence-corrected chi connectivity index (χ4v) is 4.10. The number of nitrogens with zero attached hydrogens (tertiary/aromatic N) is 2. The second-order valence-corrected chi connectivity index (χ2v) is 7.79. The largest absolute Gasteiger partial charge is 0.487 e. The average Bonchev–Trinajstić information content (AvgIpc) is 2.70. The summed E-state index contributed by atoms with van der Waals surface area (Å²) in [5.74, 6) is 0.809. The molecule has 2 aromatic rings. The van der Waals surface area contributed by atoms with Crippen molar-refractivity contribution in [3.8, 4) is 5.75 Å². The van der Waals surface area contributed by atoms with Crippen molar-refractivity contribution in [3.63, 3.8) is 0 Å². The molecule has 8 nitrogen and oxygen atoms in total. The first-order valence-corrected chi connectivity index (χ1v) is 9.73. The molecule has 152 valence electrons. The number of fused-ring (bicyclic) bond motifs is 1.